The van der Waals surface area contributed by atoms with Gasteiger partial charge in [0.15, 0.2) is 16.7 Å². The van der Waals surface area contributed by atoms with Crippen LogP contribution in [0.4, 0.5) is 10.1 Å². The number of carbonyl (C=O) groups excluding carboxylic acids is 1. The van der Waals surface area contributed by atoms with Crippen molar-refractivity contribution in [2.24, 2.45) is 4.99 Å². The van der Waals surface area contributed by atoms with Crippen molar-refractivity contribution in [1.82, 2.24) is 5.32 Å². The minimum absolute atomic E-state index is 0.0756. The first-order valence-electron chi connectivity index (χ1n) is 9.61. The van der Waals surface area contributed by atoms with E-state index in [1.54, 1.807) is 66.7 Å². The SMILES string of the molecule is COc1cc(C=C2SC(=Nc3ccc(Cl)cc3)NC2=O)ccc1OCc1ccccc1F. The number of ether oxygens (including phenoxy) is 2. The van der Waals surface area contributed by atoms with Gasteiger partial charge >= 0.3 is 0 Å². The van der Waals surface area contributed by atoms with Crippen LogP contribution in [-0.4, -0.2) is 18.2 Å². The van der Waals surface area contributed by atoms with Crippen LogP contribution in [0.15, 0.2) is 76.6 Å². The van der Waals surface area contributed by atoms with Crippen LogP contribution < -0.4 is 14.8 Å². The van der Waals surface area contributed by atoms with Crippen LogP contribution in [0, 0.1) is 5.82 Å². The van der Waals surface area contributed by atoms with Gasteiger partial charge in [0.2, 0.25) is 0 Å². The van der Waals surface area contributed by atoms with Crippen LogP contribution in [0.2, 0.25) is 5.02 Å². The van der Waals surface area contributed by atoms with E-state index in [9.17, 15) is 9.18 Å². The maximum atomic E-state index is 13.8. The summed E-state index contributed by atoms with van der Waals surface area (Å²) in [6.45, 7) is 0.0756. The third-order valence-electron chi connectivity index (χ3n) is 4.53. The molecule has 8 heteroatoms. The lowest BCUT2D eigenvalue weighted by Gasteiger charge is -2.12. The van der Waals surface area contributed by atoms with Crippen molar-refractivity contribution in [2.45, 2.75) is 6.61 Å². The molecule has 4 rings (SSSR count). The van der Waals surface area contributed by atoms with Gasteiger partial charge < -0.3 is 14.8 Å². The highest BCUT2D eigenvalue weighted by Crippen LogP contribution is 2.33. The number of hydrogen-bond donors (Lipinski definition) is 1. The fourth-order valence-electron chi connectivity index (χ4n) is 2.93. The number of hydrogen-bond acceptors (Lipinski definition) is 5. The number of aliphatic imine (C=N–C) groups is 1. The number of methoxy groups -OCH3 is 1. The van der Waals surface area contributed by atoms with Gasteiger partial charge in [-0.2, -0.15) is 0 Å². The first-order valence-corrected chi connectivity index (χ1v) is 10.8. The van der Waals surface area contributed by atoms with Gasteiger partial charge in [-0.05, 0) is 65.9 Å². The number of amides is 1. The predicted molar refractivity (Wildman–Crippen MR) is 126 cm³/mol. The van der Waals surface area contributed by atoms with Crippen molar-refractivity contribution < 1.29 is 18.7 Å². The van der Waals surface area contributed by atoms with Crippen LogP contribution in [0.25, 0.3) is 6.08 Å². The summed E-state index contributed by atoms with van der Waals surface area (Å²) >= 11 is 7.13. The minimum atomic E-state index is -0.326. The summed E-state index contributed by atoms with van der Waals surface area (Å²) in [5, 5.41) is 3.86. The van der Waals surface area contributed by atoms with E-state index in [2.05, 4.69) is 10.3 Å². The van der Waals surface area contributed by atoms with Crippen LogP contribution >= 0.6 is 23.4 Å². The second kappa shape index (κ2) is 9.89. The van der Waals surface area contributed by atoms with Crippen molar-refractivity contribution in [2.75, 3.05) is 7.11 Å². The second-order valence-corrected chi connectivity index (χ2v) is 8.22. The molecular weight excluding hydrogens is 451 g/mol. The molecule has 1 saturated heterocycles. The molecule has 1 N–H and O–H groups in total. The number of thioether (sulfide) groups is 1. The molecule has 3 aromatic carbocycles. The molecule has 0 saturated carbocycles. The van der Waals surface area contributed by atoms with Gasteiger partial charge in [-0.1, -0.05) is 35.9 Å². The smallest absolute Gasteiger partial charge is 0.264 e. The van der Waals surface area contributed by atoms with E-state index < -0.39 is 0 Å². The molecule has 1 amide bonds. The summed E-state index contributed by atoms with van der Waals surface area (Å²) in [5.41, 5.74) is 1.90. The average Bonchev–Trinajstić information content (AvgIpc) is 3.13. The monoisotopic (exact) mass is 468 g/mol. The number of nitrogens with one attached hydrogen (secondary N) is 1. The maximum Gasteiger partial charge on any atom is 0.264 e. The highest BCUT2D eigenvalue weighted by atomic mass is 35.5. The lowest BCUT2D eigenvalue weighted by Crippen LogP contribution is -2.19. The third kappa shape index (κ3) is 5.30. The molecule has 0 atom stereocenters. The van der Waals surface area contributed by atoms with Crippen molar-refractivity contribution in [3.05, 3.63) is 93.6 Å². The molecular formula is C24H18ClFN2O3S. The van der Waals surface area contributed by atoms with E-state index in [-0.39, 0.29) is 18.3 Å². The molecule has 1 fully saturated rings. The maximum absolute atomic E-state index is 13.8. The van der Waals surface area contributed by atoms with Gasteiger partial charge in [0.05, 0.1) is 17.7 Å². The van der Waals surface area contributed by atoms with Crippen molar-refractivity contribution in [1.29, 1.82) is 0 Å². The second-order valence-electron chi connectivity index (χ2n) is 6.75. The van der Waals surface area contributed by atoms with Crippen molar-refractivity contribution in [3.8, 4) is 11.5 Å². The highest BCUT2D eigenvalue weighted by molar-refractivity contribution is 8.18. The Labute approximate surface area is 193 Å². The molecule has 1 aliphatic heterocycles. The van der Waals surface area contributed by atoms with E-state index in [0.29, 0.717) is 37.8 Å². The van der Waals surface area contributed by atoms with Crippen LogP contribution in [0.3, 0.4) is 0 Å². The van der Waals surface area contributed by atoms with Crippen LogP contribution in [0.5, 0.6) is 11.5 Å². The van der Waals surface area contributed by atoms with Crippen molar-refractivity contribution >= 4 is 46.2 Å². The molecule has 5 nitrogen and oxygen atoms in total. The quantitative estimate of drug-likeness (QED) is 0.453. The molecule has 0 aliphatic carbocycles. The van der Waals surface area contributed by atoms with Gasteiger partial charge in [0.25, 0.3) is 5.91 Å². The summed E-state index contributed by atoms with van der Waals surface area (Å²) in [6, 6.07) is 18.7. The Morgan fingerprint density at radius 3 is 2.62 bits per heavy atom. The number of nitrogens with zero attached hydrogens (tertiary/aromatic N) is 1. The number of carbonyl (C=O) groups is 1. The Morgan fingerprint density at radius 2 is 1.88 bits per heavy atom. The molecule has 0 unspecified atom stereocenters. The van der Waals surface area contributed by atoms with Gasteiger partial charge in [-0.3, -0.25) is 4.79 Å². The number of halogens is 2. The summed E-state index contributed by atoms with van der Waals surface area (Å²) < 4.78 is 25.0. The molecule has 1 heterocycles. The molecule has 0 bridgehead atoms. The van der Waals surface area contributed by atoms with E-state index in [1.165, 1.54) is 24.9 Å². The largest absolute Gasteiger partial charge is 0.493 e. The fraction of sp³-hybridized carbons (Fsp3) is 0.0833. The third-order valence-corrected chi connectivity index (χ3v) is 5.70. The average molecular weight is 469 g/mol. The number of benzene rings is 3. The van der Waals surface area contributed by atoms with E-state index in [1.807, 2.05) is 0 Å². The lowest BCUT2D eigenvalue weighted by molar-refractivity contribution is -0.115. The first-order chi connectivity index (χ1) is 15.5. The normalized spacial score (nSPS) is 15.8. The summed E-state index contributed by atoms with van der Waals surface area (Å²) in [7, 11) is 1.52. The molecule has 1 aliphatic rings. The lowest BCUT2D eigenvalue weighted by atomic mass is 10.2. The van der Waals surface area contributed by atoms with Gasteiger partial charge in [0.1, 0.15) is 12.4 Å². The molecule has 0 spiro atoms. The summed E-state index contributed by atoms with van der Waals surface area (Å²) in [6.07, 6.45) is 1.74. The molecule has 3 aromatic rings. The van der Waals surface area contributed by atoms with Gasteiger partial charge in [0, 0.05) is 10.6 Å². The Kier molecular flexibility index (Phi) is 6.78. The Hall–Kier alpha value is -3.29. The zero-order valence-electron chi connectivity index (χ0n) is 17.0. The van der Waals surface area contributed by atoms with Crippen LogP contribution in [0.1, 0.15) is 11.1 Å². The summed E-state index contributed by atoms with van der Waals surface area (Å²) in [5.74, 6) is 0.398. The zero-order chi connectivity index (χ0) is 22.5. The summed E-state index contributed by atoms with van der Waals surface area (Å²) in [4.78, 5) is 17.3. The fourth-order valence-corrected chi connectivity index (χ4v) is 3.90. The molecule has 0 aromatic heterocycles. The first kappa shape index (κ1) is 21.9. The van der Waals surface area contributed by atoms with Crippen LogP contribution in [-0.2, 0) is 11.4 Å². The Morgan fingerprint density at radius 1 is 1.09 bits per heavy atom. The standard InChI is InChI=1S/C24H18ClFN2O3S/c1-30-21-12-15(6-11-20(21)31-14-16-4-2-3-5-19(16)26)13-22-23(29)28-24(32-22)27-18-9-7-17(25)8-10-18/h2-13H,14H2,1H3,(H,27,28,29). The van der Waals surface area contributed by atoms with E-state index in [4.69, 9.17) is 21.1 Å². The Bertz CT molecular complexity index is 1210. The number of rotatable bonds is 6. The molecule has 0 radical (unpaired) electrons. The zero-order valence-corrected chi connectivity index (χ0v) is 18.5. The number of amidine groups is 1. The molecule has 32 heavy (non-hydrogen) atoms. The topological polar surface area (TPSA) is 59.9 Å². The van der Waals surface area contributed by atoms with Crippen molar-refractivity contribution in [3.63, 3.8) is 0 Å². The van der Waals surface area contributed by atoms with E-state index >= 15 is 0 Å². The minimum Gasteiger partial charge on any atom is -0.493 e. The highest BCUT2D eigenvalue weighted by Gasteiger charge is 2.24. The van der Waals surface area contributed by atoms with Gasteiger partial charge in [-0.15, -0.1) is 0 Å². The Balaban J connectivity index is 1.49. The predicted octanol–water partition coefficient (Wildman–Crippen LogP) is 5.96. The van der Waals surface area contributed by atoms with Gasteiger partial charge in [-0.25, -0.2) is 9.38 Å². The van der Waals surface area contributed by atoms with E-state index in [0.717, 1.165) is 5.56 Å². The molecule has 162 valence electrons.